The molecule has 1 fully saturated rings. The van der Waals surface area contributed by atoms with Crippen molar-refractivity contribution in [1.29, 1.82) is 0 Å². The molecular formula is C11H16N2O5S. The third kappa shape index (κ3) is 2.96. The van der Waals surface area contributed by atoms with E-state index in [-0.39, 0.29) is 23.2 Å². The highest BCUT2D eigenvalue weighted by atomic mass is 32.2. The molecule has 2 rings (SSSR count). The summed E-state index contributed by atoms with van der Waals surface area (Å²) in [5.41, 5.74) is -0.141. The second-order valence-corrected chi connectivity index (χ2v) is 6.39. The first-order valence-electron chi connectivity index (χ1n) is 5.94. The number of sulfonamides is 1. The number of carbonyl (C=O) groups is 1. The molecule has 0 saturated carbocycles. The van der Waals surface area contributed by atoms with Crippen LogP contribution < -0.4 is 0 Å². The maximum absolute atomic E-state index is 12.4. The van der Waals surface area contributed by atoms with Gasteiger partial charge >= 0.3 is 5.97 Å². The second-order valence-electron chi connectivity index (χ2n) is 4.45. The molecule has 0 aromatic carbocycles. The molecule has 1 atom stereocenters. The second kappa shape index (κ2) is 5.32. The molecule has 8 heteroatoms. The standard InChI is InChI=1S/C11H16N2O5S/c1-8-7-13(3-2-4-18-8)19(16,17)9-5-10(11(14)15)12-6-9/h5-6,8,12H,2-4,7H2,1H3,(H,14,15). The first kappa shape index (κ1) is 14.0. The molecule has 1 aromatic heterocycles. The van der Waals surface area contributed by atoms with Crippen molar-refractivity contribution in [2.45, 2.75) is 24.3 Å². The Balaban J connectivity index is 2.27. The van der Waals surface area contributed by atoms with E-state index in [0.29, 0.717) is 19.6 Å². The number of aromatic carboxylic acids is 1. The van der Waals surface area contributed by atoms with Crippen molar-refractivity contribution >= 4 is 16.0 Å². The van der Waals surface area contributed by atoms with Crippen molar-refractivity contribution in [3.05, 3.63) is 18.0 Å². The summed E-state index contributed by atoms with van der Waals surface area (Å²) in [6.07, 6.45) is 1.66. The molecule has 0 aliphatic carbocycles. The molecule has 0 amide bonds. The van der Waals surface area contributed by atoms with Gasteiger partial charge in [0.25, 0.3) is 0 Å². The predicted octanol–water partition coefficient (Wildman–Crippen LogP) is 0.512. The van der Waals surface area contributed by atoms with Crippen LogP contribution in [-0.4, -0.2) is 54.6 Å². The minimum Gasteiger partial charge on any atom is -0.477 e. The van der Waals surface area contributed by atoms with Crippen LogP contribution in [0.15, 0.2) is 17.2 Å². The van der Waals surface area contributed by atoms with E-state index in [1.54, 1.807) is 0 Å². The van der Waals surface area contributed by atoms with Crippen LogP contribution in [0.1, 0.15) is 23.8 Å². The quantitative estimate of drug-likeness (QED) is 0.844. The van der Waals surface area contributed by atoms with E-state index in [4.69, 9.17) is 9.84 Å². The Hall–Kier alpha value is -1.38. The molecule has 1 saturated heterocycles. The van der Waals surface area contributed by atoms with Crippen molar-refractivity contribution < 1.29 is 23.1 Å². The van der Waals surface area contributed by atoms with Gasteiger partial charge in [-0.3, -0.25) is 0 Å². The number of H-pyrrole nitrogens is 1. The summed E-state index contributed by atoms with van der Waals surface area (Å²) < 4.78 is 31.5. The third-order valence-electron chi connectivity index (χ3n) is 2.94. The van der Waals surface area contributed by atoms with Gasteiger partial charge in [0.05, 0.1) is 6.10 Å². The molecule has 0 radical (unpaired) electrons. The van der Waals surface area contributed by atoms with Gasteiger partial charge in [-0.15, -0.1) is 0 Å². The summed E-state index contributed by atoms with van der Waals surface area (Å²) in [7, 11) is -3.67. The fraction of sp³-hybridized carbons (Fsp3) is 0.545. The van der Waals surface area contributed by atoms with Crippen molar-refractivity contribution in [2.75, 3.05) is 19.7 Å². The minimum absolute atomic E-state index is 0.0287. The number of carboxylic acid groups (broad SMARTS) is 1. The van der Waals surface area contributed by atoms with E-state index in [2.05, 4.69) is 4.98 Å². The van der Waals surface area contributed by atoms with Crippen LogP contribution in [0, 0.1) is 0 Å². The molecule has 2 N–H and O–H groups in total. The number of carboxylic acids is 1. The summed E-state index contributed by atoms with van der Waals surface area (Å²) in [6.45, 7) is 2.99. The Morgan fingerprint density at radius 1 is 1.58 bits per heavy atom. The number of rotatable bonds is 3. The molecule has 1 aliphatic rings. The smallest absolute Gasteiger partial charge is 0.352 e. The Morgan fingerprint density at radius 2 is 2.32 bits per heavy atom. The monoisotopic (exact) mass is 288 g/mol. The van der Waals surface area contributed by atoms with Gasteiger partial charge in [-0.1, -0.05) is 0 Å². The summed E-state index contributed by atoms with van der Waals surface area (Å²) in [5, 5.41) is 8.80. The average Bonchev–Trinajstić information content (AvgIpc) is 2.74. The Morgan fingerprint density at radius 3 is 2.95 bits per heavy atom. The third-order valence-corrected chi connectivity index (χ3v) is 4.78. The lowest BCUT2D eigenvalue weighted by atomic mass is 10.4. The van der Waals surface area contributed by atoms with Gasteiger partial charge in [-0.05, 0) is 19.4 Å². The van der Waals surface area contributed by atoms with Crippen molar-refractivity contribution in [3.63, 3.8) is 0 Å². The van der Waals surface area contributed by atoms with E-state index in [9.17, 15) is 13.2 Å². The SMILES string of the molecule is CC1CN(S(=O)(=O)c2c[nH]c(C(=O)O)c2)CCCO1. The van der Waals surface area contributed by atoms with Gasteiger partial charge in [-0.2, -0.15) is 4.31 Å². The molecule has 0 spiro atoms. The number of nitrogens with zero attached hydrogens (tertiary/aromatic N) is 1. The molecule has 0 bridgehead atoms. The molecule has 1 aromatic rings. The molecule has 106 valence electrons. The normalized spacial score (nSPS) is 22.1. The zero-order chi connectivity index (χ0) is 14.0. The number of hydrogen-bond donors (Lipinski definition) is 2. The van der Waals surface area contributed by atoms with Crippen LogP contribution in [0.25, 0.3) is 0 Å². The average molecular weight is 288 g/mol. The van der Waals surface area contributed by atoms with E-state index < -0.39 is 16.0 Å². The lowest BCUT2D eigenvalue weighted by Crippen LogP contribution is -2.35. The first-order valence-corrected chi connectivity index (χ1v) is 7.38. The van der Waals surface area contributed by atoms with Crippen molar-refractivity contribution in [1.82, 2.24) is 9.29 Å². The van der Waals surface area contributed by atoms with E-state index >= 15 is 0 Å². The topological polar surface area (TPSA) is 99.7 Å². The largest absolute Gasteiger partial charge is 0.477 e. The summed E-state index contributed by atoms with van der Waals surface area (Å²) in [4.78, 5) is 13.2. The van der Waals surface area contributed by atoms with E-state index in [1.165, 1.54) is 10.5 Å². The van der Waals surface area contributed by atoms with Crippen LogP contribution in [0.3, 0.4) is 0 Å². The lowest BCUT2D eigenvalue weighted by molar-refractivity contribution is 0.0691. The molecule has 1 aliphatic heterocycles. The minimum atomic E-state index is -3.67. The molecule has 7 nitrogen and oxygen atoms in total. The van der Waals surface area contributed by atoms with E-state index in [0.717, 1.165) is 6.07 Å². The summed E-state index contributed by atoms with van der Waals surface area (Å²) >= 11 is 0. The highest BCUT2D eigenvalue weighted by Crippen LogP contribution is 2.19. The van der Waals surface area contributed by atoms with E-state index in [1.807, 2.05) is 6.92 Å². The Labute approximate surface area is 111 Å². The van der Waals surface area contributed by atoms with Gasteiger partial charge in [0.2, 0.25) is 10.0 Å². The molecule has 19 heavy (non-hydrogen) atoms. The highest BCUT2D eigenvalue weighted by molar-refractivity contribution is 7.89. The van der Waals surface area contributed by atoms with Crippen LogP contribution in [0.5, 0.6) is 0 Å². The number of aromatic nitrogens is 1. The predicted molar refractivity (Wildman–Crippen MR) is 66.5 cm³/mol. The van der Waals surface area contributed by atoms with Gasteiger partial charge < -0.3 is 14.8 Å². The summed E-state index contributed by atoms with van der Waals surface area (Å²) in [5.74, 6) is -1.19. The van der Waals surface area contributed by atoms with Gasteiger partial charge in [0, 0.05) is 25.9 Å². The molecule has 1 unspecified atom stereocenters. The number of hydrogen-bond acceptors (Lipinski definition) is 4. The Kier molecular flexibility index (Phi) is 3.93. The zero-order valence-corrected chi connectivity index (χ0v) is 11.3. The van der Waals surface area contributed by atoms with Crippen LogP contribution >= 0.6 is 0 Å². The summed E-state index contributed by atoms with van der Waals surface area (Å²) in [6, 6.07) is 1.13. The maximum atomic E-state index is 12.4. The van der Waals surface area contributed by atoms with Crippen molar-refractivity contribution in [3.8, 4) is 0 Å². The number of aromatic amines is 1. The fourth-order valence-corrected chi connectivity index (χ4v) is 3.52. The zero-order valence-electron chi connectivity index (χ0n) is 10.5. The lowest BCUT2D eigenvalue weighted by Gasteiger charge is -2.20. The van der Waals surface area contributed by atoms with Crippen LogP contribution in [0.2, 0.25) is 0 Å². The van der Waals surface area contributed by atoms with Gasteiger partial charge in [0.1, 0.15) is 10.6 Å². The van der Waals surface area contributed by atoms with Crippen LogP contribution in [0.4, 0.5) is 0 Å². The van der Waals surface area contributed by atoms with Gasteiger partial charge in [0.15, 0.2) is 0 Å². The fourth-order valence-electron chi connectivity index (χ4n) is 1.97. The maximum Gasteiger partial charge on any atom is 0.352 e. The number of ether oxygens (including phenoxy) is 1. The Bertz CT molecular complexity index is 565. The molecule has 2 heterocycles. The van der Waals surface area contributed by atoms with Crippen LogP contribution in [-0.2, 0) is 14.8 Å². The number of nitrogens with one attached hydrogen (secondary N) is 1. The molecular weight excluding hydrogens is 272 g/mol. The highest BCUT2D eigenvalue weighted by Gasteiger charge is 2.29. The van der Waals surface area contributed by atoms with Crippen molar-refractivity contribution in [2.24, 2.45) is 0 Å². The van der Waals surface area contributed by atoms with Gasteiger partial charge in [-0.25, -0.2) is 13.2 Å². The first-order chi connectivity index (χ1) is 8.91.